The Kier molecular flexibility index (Phi) is 3.92. The van der Waals surface area contributed by atoms with Gasteiger partial charge in [0.25, 0.3) is 0 Å². The van der Waals surface area contributed by atoms with Gasteiger partial charge in [0.05, 0.1) is 0 Å². The molecule has 0 bridgehead atoms. The molecule has 1 aromatic carbocycles. The van der Waals surface area contributed by atoms with E-state index >= 15 is 0 Å². The first-order valence-corrected chi connectivity index (χ1v) is 4.78. The van der Waals surface area contributed by atoms with Crippen molar-refractivity contribution in [2.75, 3.05) is 0 Å². The Labute approximate surface area is 84.4 Å². The minimum atomic E-state index is 0.618. The van der Waals surface area contributed by atoms with Crippen molar-refractivity contribution >= 4 is 11.9 Å². The van der Waals surface area contributed by atoms with Gasteiger partial charge < -0.3 is 5.73 Å². The SMILES string of the molecule is CCC/C(N)=C(\C=O)c1ccccc1. The van der Waals surface area contributed by atoms with Crippen LogP contribution in [0.2, 0.25) is 0 Å². The average Bonchev–Trinajstić information content (AvgIpc) is 2.21. The highest BCUT2D eigenvalue weighted by Crippen LogP contribution is 2.16. The average molecular weight is 189 g/mol. The summed E-state index contributed by atoms with van der Waals surface area (Å²) in [4.78, 5) is 10.9. The molecule has 0 aromatic heterocycles. The molecule has 1 aromatic rings. The van der Waals surface area contributed by atoms with E-state index in [4.69, 9.17) is 5.73 Å². The zero-order valence-electron chi connectivity index (χ0n) is 8.36. The number of carbonyl (C=O) groups excluding carboxylic acids is 1. The van der Waals surface area contributed by atoms with Gasteiger partial charge in [-0.15, -0.1) is 0 Å². The molecule has 0 aliphatic heterocycles. The summed E-state index contributed by atoms with van der Waals surface area (Å²) in [6, 6.07) is 9.51. The van der Waals surface area contributed by atoms with Gasteiger partial charge in [-0.05, 0) is 12.0 Å². The molecular weight excluding hydrogens is 174 g/mol. The van der Waals surface area contributed by atoms with Crippen LogP contribution < -0.4 is 5.73 Å². The van der Waals surface area contributed by atoms with E-state index in [2.05, 4.69) is 0 Å². The van der Waals surface area contributed by atoms with E-state index in [1.54, 1.807) is 0 Å². The molecule has 2 N–H and O–H groups in total. The molecule has 0 saturated carbocycles. The molecule has 0 atom stereocenters. The van der Waals surface area contributed by atoms with Crippen LogP contribution in [0.25, 0.3) is 5.57 Å². The molecule has 0 aliphatic carbocycles. The molecule has 0 aliphatic rings. The zero-order chi connectivity index (χ0) is 10.4. The summed E-state index contributed by atoms with van der Waals surface area (Å²) in [5.74, 6) is 0. The van der Waals surface area contributed by atoms with E-state index in [-0.39, 0.29) is 0 Å². The summed E-state index contributed by atoms with van der Waals surface area (Å²) >= 11 is 0. The highest BCUT2D eigenvalue weighted by molar-refractivity contribution is 6.07. The zero-order valence-corrected chi connectivity index (χ0v) is 8.36. The lowest BCUT2D eigenvalue weighted by molar-refractivity contribution is -0.103. The molecule has 14 heavy (non-hydrogen) atoms. The monoisotopic (exact) mass is 189 g/mol. The second-order valence-electron chi connectivity index (χ2n) is 3.17. The first-order valence-electron chi connectivity index (χ1n) is 4.78. The highest BCUT2D eigenvalue weighted by Gasteiger charge is 2.03. The van der Waals surface area contributed by atoms with Gasteiger partial charge in [0.2, 0.25) is 0 Å². The number of hydrogen-bond acceptors (Lipinski definition) is 2. The van der Waals surface area contributed by atoms with E-state index in [1.165, 1.54) is 0 Å². The summed E-state index contributed by atoms with van der Waals surface area (Å²) in [6.07, 6.45) is 2.55. The molecule has 0 spiro atoms. The summed E-state index contributed by atoms with van der Waals surface area (Å²) in [6.45, 7) is 2.04. The van der Waals surface area contributed by atoms with Crippen LogP contribution in [0.3, 0.4) is 0 Å². The van der Waals surface area contributed by atoms with Crippen molar-refractivity contribution in [2.45, 2.75) is 19.8 Å². The Morgan fingerprint density at radius 1 is 1.36 bits per heavy atom. The van der Waals surface area contributed by atoms with Gasteiger partial charge in [0.15, 0.2) is 6.29 Å². The first-order chi connectivity index (χ1) is 6.79. The second-order valence-corrected chi connectivity index (χ2v) is 3.17. The fourth-order valence-corrected chi connectivity index (χ4v) is 1.35. The van der Waals surface area contributed by atoms with Crippen LogP contribution in [0.5, 0.6) is 0 Å². The summed E-state index contributed by atoms with van der Waals surface area (Å²) in [5.41, 5.74) is 8.01. The van der Waals surface area contributed by atoms with Crippen molar-refractivity contribution < 1.29 is 4.79 Å². The number of allylic oxidation sites excluding steroid dienone is 2. The smallest absolute Gasteiger partial charge is 0.152 e. The van der Waals surface area contributed by atoms with Crippen LogP contribution in [0.15, 0.2) is 36.0 Å². The molecular formula is C12H15NO. The maximum atomic E-state index is 10.9. The van der Waals surface area contributed by atoms with E-state index in [9.17, 15) is 4.79 Å². The van der Waals surface area contributed by atoms with E-state index in [1.807, 2.05) is 37.3 Å². The van der Waals surface area contributed by atoms with Crippen LogP contribution in [0.1, 0.15) is 25.3 Å². The van der Waals surface area contributed by atoms with Crippen molar-refractivity contribution in [3.63, 3.8) is 0 Å². The number of rotatable bonds is 4. The Hall–Kier alpha value is -1.57. The van der Waals surface area contributed by atoms with Crippen molar-refractivity contribution in [3.8, 4) is 0 Å². The predicted octanol–water partition coefficient (Wildman–Crippen LogP) is 2.36. The van der Waals surface area contributed by atoms with Gasteiger partial charge in [-0.3, -0.25) is 4.79 Å². The van der Waals surface area contributed by atoms with Crippen LogP contribution in [0, 0.1) is 0 Å². The van der Waals surface area contributed by atoms with Crippen LogP contribution in [0.4, 0.5) is 0 Å². The Bertz CT molecular complexity index is 327. The third-order valence-corrected chi connectivity index (χ3v) is 2.07. The highest BCUT2D eigenvalue weighted by atomic mass is 16.1. The van der Waals surface area contributed by atoms with Gasteiger partial charge >= 0.3 is 0 Å². The summed E-state index contributed by atoms with van der Waals surface area (Å²) in [5, 5.41) is 0. The number of hydrogen-bond donors (Lipinski definition) is 1. The van der Waals surface area contributed by atoms with Gasteiger partial charge in [-0.25, -0.2) is 0 Å². The number of nitrogens with two attached hydrogens (primary N) is 1. The van der Waals surface area contributed by atoms with Crippen molar-refractivity contribution in [1.29, 1.82) is 0 Å². The van der Waals surface area contributed by atoms with Crippen LogP contribution in [-0.4, -0.2) is 6.29 Å². The molecule has 1 rings (SSSR count). The van der Waals surface area contributed by atoms with E-state index < -0.39 is 0 Å². The van der Waals surface area contributed by atoms with Crippen LogP contribution >= 0.6 is 0 Å². The van der Waals surface area contributed by atoms with Crippen molar-refractivity contribution in [2.24, 2.45) is 5.73 Å². The maximum absolute atomic E-state index is 10.9. The lowest BCUT2D eigenvalue weighted by Gasteiger charge is -2.05. The Balaban J connectivity index is 3.04. The second kappa shape index (κ2) is 5.22. The quantitative estimate of drug-likeness (QED) is 0.583. The number of benzene rings is 1. The number of aldehydes is 1. The minimum Gasteiger partial charge on any atom is -0.401 e. The molecule has 0 radical (unpaired) electrons. The molecule has 0 fully saturated rings. The number of carbonyl (C=O) groups is 1. The molecule has 0 unspecified atom stereocenters. The van der Waals surface area contributed by atoms with Crippen molar-refractivity contribution in [3.05, 3.63) is 41.6 Å². The van der Waals surface area contributed by atoms with Crippen molar-refractivity contribution in [1.82, 2.24) is 0 Å². The molecule has 0 saturated heterocycles. The lowest BCUT2D eigenvalue weighted by atomic mass is 10.0. The molecule has 74 valence electrons. The predicted molar refractivity (Wildman–Crippen MR) is 58.5 cm³/mol. The fourth-order valence-electron chi connectivity index (χ4n) is 1.35. The van der Waals surface area contributed by atoms with E-state index in [0.29, 0.717) is 11.3 Å². The third-order valence-electron chi connectivity index (χ3n) is 2.07. The van der Waals surface area contributed by atoms with Crippen LogP contribution in [-0.2, 0) is 4.79 Å². The molecule has 2 heteroatoms. The molecule has 2 nitrogen and oxygen atoms in total. The standard InChI is InChI=1S/C12H15NO/c1-2-6-12(13)11(9-14)10-7-4-3-5-8-10/h3-5,7-9H,2,6,13H2,1H3/b12-11-. The topological polar surface area (TPSA) is 43.1 Å². The minimum absolute atomic E-state index is 0.618. The maximum Gasteiger partial charge on any atom is 0.152 e. The molecule has 0 heterocycles. The Morgan fingerprint density at radius 2 is 2.00 bits per heavy atom. The lowest BCUT2D eigenvalue weighted by Crippen LogP contribution is -2.02. The molecule has 0 amide bonds. The van der Waals surface area contributed by atoms with Gasteiger partial charge in [0.1, 0.15) is 0 Å². The van der Waals surface area contributed by atoms with Gasteiger partial charge in [0, 0.05) is 11.3 Å². The largest absolute Gasteiger partial charge is 0.401 e. The Morgan fingerprint density at radius 3 is 2.50 bits per heavy atom. The normalized spacial score (nSPS) is 12.1. The van der Waals surface area contributed by atoms with Gasteiger partial charge in [-0.1, -0.05) is 43.7 Å². The fraction of sp³-hybridized carbons (Fsp3) is 0.250. The summed E-state index contributed by atoms with van der Waals surface area (Å²) < 4.78 is 0. The first kappa shape index (κ1) is 10.5. The van der Waals surface area contributed by atoms with Gasteiger partial charge in [-0.2, -0.15) is 0 Å². The van der Waals surface area contributed by atoms with E-state index in [0.717, 1.165) is 24.7 Å². The third kappa shape index (κ3) is 2.46. The summed E-state index contributed by atoms with van der Waals surface area (Å²) in [7, 11) is 0.